The van der Waals surface area contributed by atoms with Crippen molar-refractivity contribution >= 4 is 0 Å². The molecule has 0 radical (unpaired) electrons. The summed E-state index contributed by atoms with van der Waals surface area (Å²) in [4.78, 5) is 0. The first kappa shape index (κ1) is 46.7. The largest absolute Gasteiger partial charge is 0.462 e. The van der Waals surface area contributed by atoms with Crippen molar-refractivity contribution in [2.24, 2.45) is 0 Å². The maximum Gasteiger partial charge on any atom is 0.229 e. The molecular formula is C38H54O22. The van der Waals surface area contributed by atoms with Crippen LogP contribution in [0.1, 0.15) is 11.1 Å². The van der Waals surface area contributed by atoms with Crippen LogP contribution in [0.3, 0.4) is 0 Å². The van der Waals surface area contributed by atoms with Gasteiger partial charge in [0, 0.05) is 12.8 Å². The summed E-state index contributed by atoms with van der Waals surface area (Å²) in [6.45, 7) is -1.54. The number of benzene rings is 2. The summed E-state index contributed by atoms with van der Waals surface area (Å²) < 4.78 is 43.9. The molecule has 22 nitrogen and oxygen atoms in total. The van der Waals surface area contributed by atoms with E-state index < -0.39 is 136 Å². The zero-order valence-corrected chi connectivity index (χ0v) is 31.9. The van der Waals surface area contributed by atoms with Crippen LogP contribution in [0.15, 0.2) is 48.5 Å². The highest BCUT2D eigenvalue weighted by atomic mass is 16.7. The van der Waals surface area contributed by atoms with E-state index in [1.54, 1.807) is 24.3 Å². The van der Waals surface area contributed by atoms with Gasteiger partial charge in [-0.2, -0.15) is 0 Å². The minimum absolute atomic E-state index is 0.0284. The molecule has 0 aliphatic carbocycles. The van der Waals surface area contributed by atoms with Crippen LogP contribution in [-0.4, -0.2) is 221 Å². The van der Waals surface area contributed by atoms with Gasteiger partial charge in [-0.1, -0.05) is 24.3 Å². The first-order valence-corrected chi connectivity index (χ1v) is 19.3. The van der Waals surface area contributed by atoms with E-state index in [4.69, 9.17) is 37.9 Å². The van der Waals surface area contributed by atoms with E-state index in [9.17, 15) is 71.5 Å². The highest BCUT2D eigenvalue weighted by Crippen LogP contribution is 2.29. The number of aliphatic hydroxyl groups excluding tert-OH is 14. The van der Waals surface area contributed by atoms with Crippen molar-refractivity contribution in [3.05, 3.63) is 59.7 Å². The van der Waals surface area contributed by atoms with Gasteiger partial charge in [0.2, 0.25) is 12.6 Å². The van der Waals surface area contributed by atoms with Crippen molar-refractivity contribution in [2.45, 2.75) is 136 Å². The minimum Gasteiger partial charge on any atom is -0.462 e. The standard InChI is InChI=1S/C38H54O22/c39-19(9-15-1-5-17(6-2-15)57-37-33(51)29(47)27(45)23(59-37)13-55-35-31(49)25(43)21(41)11-53-35)20(40)10-16-3-7-18(8-4-16)58-38-34(52)30(48)28(46)24(60-38)14-56-36-32(50)26(44)22(42)12-54-36/h1-8,19-52H,9-14H2/t19-,20-,21-,22-,23-,24-,25+,26+,27-,28-,29+,30+,31-,32-,33-,34-,35+,36+,37-,38-/m1/s1. The second-order valence-corrected chi connectivity index (χ2v) is 15.3. The average molecular weight is 863 g/mol. The SMILES string of the molecule is O[C@@H]1[C@@H](O)[C@H](Oc2ccc(C[C@@H](O)[C@H](O)Cc3ccc(O[C@@H]4O[C@H](CO[C@@H]5OC[C@@H](O)[C@H](O)[C@H]5O)[C@@H](O)[C@H](O)[C@H]4O)cc3)cc2)O[C@H](CO[C@@H]2OC[C@@H](O)[C@H](O)[C@H]2O)[C@H]1O. The summed E-state index contributed by atoms with van der Waals surface area (Å²) in [5, 5.41) is 144. The zero-order chi connectivity index (χ0) is 43.4. The Morgan fingerprint density at radius 3 is 1.12 bits per heavy atom. The molecular weight excluding hydrogens is 808 g/mol. The average Bonchev–Trinajstić information content (AvgIpc) is 3.23. The third-order valence-corrected chi connectivity index (χ3v) is 10.8. The van der Waals surface area contributed by atoms with Gasteiger partial charge in [0.05, 0.1) is 38.6 Å². The predicted molar refractivity (Wildman–Crippen MR) is 194 cm³/mol. The molecule has 0 spiro atoms. The van der Waals surface area contributed by atoms with Gasteiger partial charge in [-0.25, -0.2) is 0 Å². The Hall–Kier alpha value is -2.76. The van der Waals surface area contributed by atoms with Crippen LogP contribution in [0.25, 0.3) is 0 Å². The van der Waals surface area contributed by atoms with Gasteiger partial charge in [0.15, 0.2) is 12.6 Å². The molecule has 4 heterocycles. The van der Waals surface area contributed by atoms with Crippen molar-refractivity contribution in [3.8, 4) is 11.5 Å². The van der Waals surface area contributed by atoms with Crippen molar-refractivity contribution < 1.29 is 109 Å². The van der Waals surface area contributed by atoms with E-state index in [0.29, 0.717) is 11.1 Å². The van der Waals surface area contributed by atoms with Crippen molar-refractivity contribution in [3.63, 3.8) is 0 Å². The summed E-state index contributed by atoms with van der Waals surface area (Å²) in [5.41, 5.74) is 1.20. The molecule has 2 aromatic carbocycles. The van der Waals surface area contributed by atoms with Crippen LogP contribution >= 0.6 is 0 Å². The van der Waals surface area contributed by atoms with Crippen LogP contribution in [0, 0.1) is 0 Å². The molecule has 20 atom stereocenters. The first-order chi connectivity index (χ1) is 28.5. The lowest BCUT2D eigenvalue weighted by Gasteiger charge is -2.41. The molecule has 0 bridgehead atoms. The predicted octanol–water partition coefficient (Wildman–Crippen LogP) is -6.52. The van der Waals surface area contributed by atoms with Gasteiger partial charge in [0.25, 0.3) is 0 Å². The fourth-order valence-electron chi connectivity index (χ4n) is 6.97. The third kappa shape index (κ3) is 11.1. The highest BCUT2D eigenvalue weighted by molar-refractivity contribution is 5.30. The van der Waals surface area contributed by atoms with Crippen LogP contribution in [0.5, 0.6) is 11.5 Å². The number of hydrogen-bond acceptors (Lipinski definition) is 22. The molecule has 22 heteroatoms. The molecule has 4 fully saturated rings. The highest BCUT2D eigenvalue weighted by Gasteiger charge is 2.48. The number of hydrogen-bond donors (Lipinski definition) is 14. The summed E-state index contributed by atoms with van der Waals surface area (Å²) in [5.74, 6) is 0.367. The Kier molecular flexibility index (Phi) is 16.1. The lowest BCUT2D eigenvalue weighted by Crippen LogP contribution is -2.61. The Morgan fingerprint density at radius 2 is 0.767 bits per heavy atom. The van der Waals surface area contributed by atoms with Crippen LogP contribution in [0.4, 0.5) is 0 Å². The first-order valence-electron chi connectivity index (χ1n) is 19.3. The summed E-state index contributed by atoms with van der Waals surface area (Å²) in [6, 6.07) is 12.4. The second-order valence-electron chi connectivity index (χ2n) is 15.3. The number of ether oxygens (including phenoxy) is 8. The summed E-state index contributed by atoms with van der Waals surface area (Å²) in [6.07, 6.45) is -29.5. The summed E-state index contributed by atoms with van der Waals surface area (Å²) >= 11 is 0. The van der Waals surface area contributed by atoms with Gasteiger partial charge in [-0.15, -0.1) is 0 Å². The molecule has 6 rings (SSSR count). The summed E-state index contributed by atoms with van der Waals surface area (Å²) in [7, 11) is 0. The molecule has 4 aliphatic heterocycles. The molecule has 2 aromatic rings. The number of aliphatic hydroxyl groups is 14. The normalized spacial score (nSPS) is 41.0. The van der Waals surface area contributed by atoms with E-state index in [0.717, 1.165) is 0 Å². The second kappa shape index (κ2) is 20.6. The molecule has 0 unspecified atom stereocenters. The lowest BCUT2D eigenvalue weighted by atomic mass is 9.98. The van der Waals surface area contributed by atoms with Crippen LogP contribution < -0.4 is 9.47 Å². The van der Waals surface area contributed by atoms with E-state index >= 15 is 0 Å². The fourth-order valence-corrected chi connectivity index (χ4v) is 6.97. The van der Waals surface area contributed by atoms with E-state index in [1.165, 1.54) is 24.3 Å². The smallest absolute Gasteiger partial charge is 0.229 e. The van der Waals surface area contributed by atoms with E-state index in [-0.39, 0.29) is 37.6 Å². The maximum absolute atomic E-state index is 10.8. The molecule has 0 aromatic heterocycles. The Labute approximate surface area is 342 Å². The molecule has 4 saturated heterocycles. The molecule has 0 saturated carbocycles. The van der Waals surface area contributed by atoms with Crippen molar-refractivity contribution in [1.82, 2.24) is 0 Å². The molecule has 60 heavy (non-hydrogen) atoms. The Bertz CT molecular complexity index is 1490. The van der Waals surface area contributed by atoms with Gasteiger partial charge in [0.1, 0.15) is 97.0 Å². The van der Waals surface area contributed by atoms with Crippen LogP contribution in [0.2, 0.25) is 0 Å². The topological polar surface area (TPSA) is 357 Å². The van der Waals surface area contributed by atoms with Crippen molar-refractivity contribution in [1.29, 1.82) is 0 Å². The third-order valence-electron chi connectivity index (χ3n) is 10.8. The zero-order valence-electron chi connectivity index (χ0n) is 31.9. The van der Waals surface area contributed by atoms with Gasteiger partial charge < -0.3 is 109 Å². The fraction of sp³-hybridized carbons (Fsp3) is 0.684. The molecule has 4 aliphatic rings. The van der Waals surface area contributed by atoms with E-state index in [1.807, 2.05) is 0 Å². The molecule has 0 amide bonds. The van der Waals surface area contributed by atoms with Gasteiger partial charge >= 0.3 is 0 Å². The Balaban J connectivity index is 0.956. The molecule has 338 valence electrons. The van der Waals surface area contributed by atoms with Crippen LogP contribution in [-0.2, 0) is 41.3 Å². The number of rotatable bonds is 15. The van der Waals surface area contributed by atoms with Gasteiger partial charge in [-0.05, 0) is 35.4 Å². The quantitative estimate of drug-likeness (QED) is 0.0791. The lowest BCUT2D eigenvalue weighted by molar-refractivity contribution is -0.307. The minimum atomic E-state index is -1.71. The van der Waals surface area contributed by atoms with E-state index in [2.05, 4.69) is 0 Å². The van der Waals surface area contributed by atoms with Gasteiger partial charge in [-0.3, -0.25) is 0 Å². The van der Waals surface area contributed by atoms with Crippen molar-refractivity contribution in [2.75, 3.05) is 26.4 Å². The molecule has 14 N–H and O–H groups in total. The maximum atomic E-state index is 10.8. The Morgan fingerprint density at radius 1 is 0.433 bits per heavy atom. The monoisotopic (exact) mass is 862 g/mol.